The predicted octanol–water partition coefficient (Wildman–Crippen LogP) is 0.173. The number of carboxylic acids is 1. The van der Waals surface area contributed by atoms with Gasteiger partial charge in [-0.1, -0.05) is 0 Å². The minimum absolute atomic E-state index is 0.0941. The topological polar surface area (TPSA) is 98.2 Å². The predicted molar refractivity (Wildman–Crippen MR) is 56.9 cm³/mol. The van der Waals surface area contributed by atoms with Crippen molar-refractivity contribution in [2.45, 2.75) is 33.2 Å². The van der Waals surface area contributed by atoms with Crippen molar-refractivity contribution in [3.8, 4) is 0 Å². The zero-order valence-electron chi connectivity index (χ0n) is 9.52. The monoisotopic (exact) mass is 225 g/mol. The van der Waals surface area contributed by atoms with Gasteiger partial charge in [-0.2, -0.15) is 5.10 Å². The molecule has 1 heterocycles. The van der Waals surface area contributed by atoms with Crippen LogP contribution < -0.4 is 5.73 Å². The molecule has 6 heteroatoms. The van der Waals surface area contributed by atoms with Gasteiger partial charge in [0, 0.05) is 11.3 Å². The van der Waals surface area contributed by atoms with E-state index in [-0.39, 0.29) is 6.42 Å². The first-order valence-electron chi connectivity index (χ1n) is 4.90. The lowest BCUT2D eigenvalue weighted by Gasteiger charge is -2.10. The molecule has 3 N–H and O–H groups in total. The van der Waals surface area contributed by atoms with Crippen molar-refractivity contribution in [1.82, 2.24) is 9.78 Å². The third kappa shape index (κ3) is 2.21. The van der Waals surface area contributed by atoms with E-state index in [1.165, 1.54) is 4.68 Å². The van der Waals surface area contributed by atoms with Crippen molar-refractivity contribution >= 4 is 11.9 Å². The highest BCUT2D eigenvalue weighted by atomic mass is 16.4. The quantitative estimate of drug-likeness (QED) is 0.763. The van der Waals surface area contributed by atoms with E-state index in [9.17, 15) is 9.59 Å². The number of primary amides is 1. The molecule has 0 aromatic carbocycles. The Balaban J connectivity index is 3.15. The van der Waals surface area contributed by atoms with Crippen LogP contribution in [0.4, 0.5) is 0 Å². The molecule has 0 aliphatic heterocycles. The summed E-state index contributed by atoms with van der Waals surface area (Å²) in [7, 11) is 0. The van der Waals surface area contributed by atoms with Crippen LogP contribution >= 0.6 is 0 Å². The lowest BCUT2D eigenvalue weighted by Crippen LogP contribution is -2.25. The smallest absolute Gasteiger partial charge is 0.307 e. The fourth-order valence-electron chi connectivity index (χ4n) is 1.60. The molecule has 1 aromatic rings. The number of hydrogen-bond donors (Lipinski definition) is 2. The Hall–Kier alpha value is -1.85. The van der Waals surface area contributed by atoms with Gasteiger partial charge in [0.05, 0.1) is 12.1 Å². The van der Waals surface area contributed by atoms with Crippen LogP contribution in [0.2, 0.25) is 0 Å². The molecule has 1 unspecified atom stereocenters. The SMILES string of the molecule is Cc1nn(C(C)C(N)=O)c(C)c1CC(=O)O. The van der Waals surface area contributed by atoms with Crippen LogP contribution in [-0.2, 0) is 16.0 Å². The maximum absolute atomic E-state index is 11.0. The Bertz CT molecular complexity index is 437. The normalized spacial score (nSPS) is 12.4. The number of carbonyl (C=O) groups is 2. The number of nitrogens with zero attached hydrogens (tertiary/aromatic N) is 2. The van der Waals surface area contributed by atoms with E-state index in [4.69, 9.17) is 10.8 Å². The van der Waals surface area contributed by atoms with E-state index in [1.807, 2.05) is 0 Å². The second-order valence-corrected chi connectivity index (χ2v) is 3.74. The van der Waals surface area contributed by atoms with Gasteiger partial charge in [0.15, 0.2) is 0 Å². The maximum Gasteiger partial charge on any atom is 0.307 e. The number of aryl methyl sites for hydroxylation is 1. The summed E-state index contributed by atoms with van der Waals surface area (Å²) in [6.07, 6.45) is -0.0941. The van der Waals surface area contributed by atoms with Gasteiger partial charge in [0.2, 0.25) is 5.91 Å². The molecular formula is C10H15N3O3. The summed E-state index contributed by atoms with van der Waals surface area (Å²) < 4.78 is 1.47. The molecule has 88 valence electrons. The first-order valence-corrected chi connectivity index (χ1v) is 4.90. The lowest BCUT2D eigenvalue weighted by atomic mass is 10.1. The molecular weight excluding hydrogens is 210 g/mol. The van der Waals surface area contributed by atoms with E-state index in [0.717, 1.165) is 0 Å². The van der Waals surface area contributed by atoms with Crippen molar-refractivity contribution in [1.29, 1.82) is 0 Å². The number of amides is 1. The molecule has 16 heavy (non-hydrogen) atoms. The van der Waals surface area contributed by atoms with E-state index >= 15 is 0 Å². The van der Waals surface area contributed by atoms with Gasteiger partial charge in [0.25, 0.3) is 0 Å². The average Bonchev–Trinajstić information content (AvgIpc) is 2.44. The molecule has 6 nitrogen and oxygen atoms in total. The first-order chi connectivity index (χ1) is 7.34. The number of hydrogen-bond acceptors (Lipinski definition) is 3. The Kier molecular flexibility index (Phi) is 3.31. The van der Waals surface area contributed by atoms with Crippen LogP contribution in [0.15, 0.2) is 0 Å². The number of carbonyl (C=O) groups excluding carboxylic acids is 1. The molecule has 0 saturated heterocycles. The van der Waals surface area contributed by atoms with Gasteiger partial charge in [-0.15, -0.1) is 0 Å². The first kappa shape index (κ1) is 12.2. The van der Waals surface area contributed by atoms with Gasteiger partial charge in [0.1, 0.15) is 6.04 Å². The Labute approximate surface area is 93.1 Å². The summed E-state index contributed by atoms with van der Waals surface area (Å²) in [5, 5.41) is 12.9. The number of rotatable bonds is 4. The summed E-state index contributed by atoms with van der Waals surface area (Å²) in [6, 6.07) is -0.568. The standard InChI is InChI=1S/C10H15N3O3/c1-5-8(4-9(14)15)6(2)13(12-5)7(3)10(11)16/h7H,4H2,1-3H3,(H2,11,16)(H,14,15). The number of aliphatic carboxylic acids is 1. The number of carboxylic acid groups (broad SMARTS) is 1. The van der Waals surface area contributed by atoms with Crippen LogP contribution in [0.25, 0.3) is 0 Å². The van der Waals surface area contributed by atoms with Gasteiger partial charge >= 0.3 is 5.97 Å². The minimum atomic E-state index is -0.919. The van der Waals surface area contributed by atoms with E-state index < -0.39 is 17.9 Å². The van der Waals surface area contributed by atoms with Crippen LogP contribution in [-0.4, -0.2) is 26.8 Å². The average molecular weight is 225 g/mol. The minimum Gasteiger partial charge on any atom is -0.481 e. The largest absolute Gasteiger partial charge is 0.481 e. The summed E-state index contributed by atoms with van der Waals surface area (Å²) in [5.74, 6) is -1.41. The van der Waals surface area contributed by atoms with Gasteiger partial charge in [-0.05, 0) is 20.8 Å². The molecule has 0 spiro atoms. The Morgan fingerprint density at radius 3 is 2.50 bits per heavy atom. The molecule has 0 fully saturated rings. The highest BCUT2D eigenvalue weighted by Crippen LogP contribution is 2.17. The molecule has 0 bridgehead atoms. The second-order valence-electron chi connectivity index (χ2n) is 3.74. The molecule has 1 aromatic heterocycles. The third-order valence-electron chi connectivity index (χ3n) is 2.58. The summed E-state index contributed by atoms with van der Waals surface area (Å²) in [6.45, 7) is 5.08. The van der Waals surface area contributed by atoms with Crippen LogP contribution in [0.1, 0.15) is 29.9 Å². The van der Waals surface area contributed by atoms with Gasteiger partial charge in [-0.3, -0.25) is 14.3 Å². The molecule has 0 saturated carbocycles. The van der Waals surface area contributed by atoms with E-state index in [2.05, 4.69) is 5.10 Å². The van der Waals surface area contributed by atoms with Crippen LogP contribution in [0, 0.1) is 13.8 Å². The summed E-state index contributed by atoms with van der Waals surface area (Å²) in [4.78, 5) is 21.7. The zero-order valence-corrected chi connectivity index (χ0v) is 9.52. The lowest BCUT2D eigenvalue weighted by molar-refractivity contribution is -0.136. The van der Waals surface area contributed by atoms with Crippen molar-refractivity contribution in [2.75, 3.05) is 0 Å². The van der Waals surface area contributed by atoms with E-state index in [1.54, 1.807) is 20.8 Å². The summed E-state index contributed by atoms with van der Waals surface area (Å²) >= 11 is 0. The molecule has 0 aliphatic carbocycles. The van der Waals surface area contributed by atoms with Crippen molar-refractivity contribution in [2.24, 2.45) is 5.73 Å². The van der Waals surface area contributed by atoms with Crippen molar-refractivity contribution in [3.05, 3.63) is 17.0 Å². The highest BCUT2D eigenvalue weighted by Gasteiger charge is 2.20. The zero-order chi connectivity index (χ0) is 12.5. The number of aromatic nitrogens is 2. The van der Waals surface area contributed by atoms with Crippen molar-refractivity contribution in [3.63, 3.8) is 0 Å². The molecule has 1 atom stereocenters. The molecule has 0 radical (unpaired) electrons. The maximum atomic E-state index is 11.0. The Morgan fingerprint density at radius 1 is 1.50 bits per heavy atom. The molecule has 1 amide bonds. The Morgan fingerprint density at radius 2 is 2.06 bits per heavy atom. The van der Waals surface area contributed by atoms with Gasteiger partial charge < -0.3 is 10.8 Å². The molecule has 1 rings (SSSR count). The van der Waals surface area contributed by atoms with Crippen molar-refractivity contribution < 1.29 is 14.7 Å². The number of nitrogens with two attached hydrogens (primary N) is 1. The molecule has 0 aliphatic rings. The summed E-state index contributed by atoms with van der Waals surface area (Å²) in [5.41, 5.74) is 7.11. The highest BCUT2D eigenvalue weighted by molar-refractivity contribution is 5.78. The third-order valence-corrected chi connectivity index (χ3v) is 2.58. The fraction of sp³-hybridized carbons (Fsp3) is 0.500. The fourth-order valence-corrected chi connectivity index (χ4v) is 1.60. The van der Waals surface area contributed by atoms with E-state index in [0.29, 0.717) is 17.0 Å². The van der Waals surface area contributed by atoms with Gasteiger partial charge in [-0.25, -0.2) is 0 Å². The second kappa shape index (κ2) is 4.34. The van der Waals surface area contributed by atoms with Crippen LogP contribution in [0.3, 0.4) is 0 Å². The van der Waals surface area contributed by atoms with Crippen LogP contribution in [0.5, 0.6) is 0 Å².